The van der Waals surface area contributed by atoms with Crippen LogP contribution in [0.2, 0.25) is 0 Å². The summed E-state index contributed by atoms with van der Waals surface area (Å²) < 4.78 is 21.7. The molecule has 1 rings (SSSR count). The lowest BCUT2D eigenvalue weighted by Gasteiger charge is -2.38. The highest BCUT2D eigenvalue weighted by Gasteiger charge is 2.47. The highest BCUT2D eigenvalue weighted by Crippen LogP contribution is 2.23. The maximum Gasteiger partial charge on any atom is 0.335 e. The van der Waals surface area contributed by atoms with Crippen molar-refractivity contribution in [3.05, 3.63) is 12.2 Å². The number of carbonyl (C=O) groups is 3. The van der Waals surface area contributed by atoms with Crippen LogP contribution in [0.5, 0.6) is 0 Å². The summed E-state index contributed by atoms with van der Waals surface area (Å²) >= 11 is 0. The standard InChI is InChI=1S/C45H82O11/c1-3-5-7-9-11-13-15-17-18-19-20-21-22-24-26-28-30-32-34-39(47)55-37(36-54-45-42(50)40(48)41(49)43(56-45)44(51)52)35-53-38(46)33-31-29-27-25-23-16-14-12-10-8-6-4-2/h12,14,37,40-43,45,48-50H,3-11,13,15-36H2,1-2H3,(H,51,52)/b14-12-. The predicted molar refractivity (Wildman–Crippen MR) is 220 cm³/mol. The van der Waals surface area contributed by atoms with Gasteiger partial charge in [-0.15, -0.1) is 0 Å². The molecule has 0 radical (unpaired) electrons. The summed E-state index contributed by atoms with van der Waals surface area (Å²) in [5.41, 5.74) is 0. The van der Waals surface area contributed by atoms with Gasteiger partial charge in [-0.05, 0) is 38.5 Å². The Bertz CT molecular complexity index is 989. The predicted octanol–water partition coefficient (Wildman–Crippen LogP) is 9.65. The quantitative estimate of drug-likeness (QED) is 0.0267. The molecule has 1 heterocycles. The minimum absolute atomic E-state index is 0.187. The molecule has 1 saturated heterocycles. The van der Waals surface area contributed by atoms with Gasteiger partial charge in [-0.25, -0.2) is 4.79 Å². The van der Waals surface area contributed by atoms with Crippen LogP contribution in [0.15, 0.2) is 12.2 Å². The molecule has 328 valence electrons. The van der Waals surface area contributed by atoms with Crippen LogP contribution in [0.1, 0.15) is 206 Å². The van der Waals surface area contributed by atoms with Gasteiger partial charge in [0.2, 0.25) is 0 Å². The minimum Gasteiger partial charge on any atom is -0.479 e. The first kappa shape index (κ1) is 52.0. The summed E-state index contributed by atoms with van der Waals surface area (Å²) in [7, 11) is 0. The number of aliphatic hydroxyl groups is 3. The minimum atomic E-state index is -1.86. The van der Waals surface area contributed by atoms with E-state index in [1.165, 1.54) is 109 Å². The fraction of sp³-hybridized carbons (Fsp3) is 0.889. The Balaban J connectivity index is 2.34. The SMILES string of the molecule is CCCCC/C=C\CCCCCCCC(=O)OCC(COC1OC(C(=O)O)C(O)C(O)C1O)OC(=O)CCCCCCCCCCCCCCCCCCCC. The molecule has 6 unspecified atom stereocenters. The van der Waals surface area contributed by atoms with Crippen molar-refractivity contribution in [3.8, 4) is 0 Å². The Morgan fingerprint density at radius 1 is 0.536 bits per heavy atom. The number of esters is 2. The number of allylic oxidation sites excluding steroid dienone is 2. The van der Waals surface area contributed by atoms with E-state index in [1.807, 2.05) is 0 Å². The summed E-state index contributed by atoms with van der Waals surface area (Å²) in [6.45, 7) is 3.79. The second-order valence-corrected chi connectivity index (χ2v) is 15.9. The fourth-order valence-corrected chi connectivity index (χ4v) is 6.99. The number of rotatable bonds is 38. The van der Waals surface area contributed by atoms with Crippen LogP contribution in [0, 0.1) is 0 Å². The van der Waals surface area contributed by atoms with E-state index in [2.05, 4.69) is 26.0 Å². The average Bonchev–Trinajstić information content (AvgIpc) is 3.18. The average molecular weight is 799 g/mol. The molecular formula is C45H82O11. The highest BCUT2D eigenvalue weighted by atomic mass is 16.7. The van der Waals surface area contributed by atoms with Gasteiger partial charge in [0.15, 0.2) is 18.5 Å². The van der Waals surface area contributed by atoms with Crippen molar-refractivity contribution >= 4 is 17.9 Å². The van der Waals surface area contributed by atoms with Crippen molar-refractivity contribution in [3.63, 3.8) is 0 Å². The molecule has 0 aromatic rings. The number of carboxylic acid groups (broad SMARTS) is 1. The van der Waals surface area contributed by atoms with Crippen LogP contribution in [0.25, 0.3) is 0 Å². The monoisotopic (exact) mass is 799 g/mol. The normalized spacial score (nSPS) is 20.3. The Hall–Kier alpha value is -2.05. The lowest BCUT2D eigenvalue weighted by Crippen LogP contribution is -2.60. The number of carbonyl (C=O) groups excluding carboxylic acids is 2. The van der Waals surface area contributed by atoms with E-state index in [1.54, 1.807) is 0 Å². The summed E-state index contributed by atoms with van der Waals surface area (Å²) in [6, 6.07) is 0. The van der Waals surface area contributed by atoms with Crippen LogP contribution in [0.3, 0.4) is 0 Å². The van der Waals surface area contributed by atoms with E-state index in [9.17, 15) is 34.8 Å². The summed E-state index contributed by atoms with van der Waals surface area (Å²) in [5, 5.41) is 39.8. The molecule has 0 aromatic heterocycles. The van der Waals surface area contributed by atoms with Crippen LogP contribution in [-0.2, 0) is 33.3 Å². The van der Waals surface area contributed by atoms with Crippen molar-refractivity contribution < 1.29 is 53.8 Å². The molecule has 0 saturated carbocycles. The second-order valence-electron chi connectivity index (χ2n) is 15.9. The maximum atomic E-state index is 12.8. The van der Waals surface area contributed by atoms with Crippen molar-refractivity contribution in [2.75, 3.05) is 13.2 Å². The lowest BCUT2D eigenvalue weighted by atomic mass is 9.99. The zero-order valence-electron chi connectivity index (χ0n) is 35.4. The molecule has 1 aliphatic heterocycles. The van der Waals surface area contributed by atoms with Crippen LogP contribution in [0.4, 0.5) is 0 Å². The number of hydrogen-bond acceptors (Lipinski definition) is 10. The van der Waals surface area contributed by atoms with Gasteiger partial charge < -0.3 is 39.4 Å². The molecule has 1 fully saturated rings. The van der Waals surface area contributed by atoms with E-state index in [0.717, 1.165) is 57.8 Å². The number of carboxylic acids is 1. The van der Waals surface area contributed by atoms with E-state index in [0.29, 0.717) is 12.8 Å². The molecule has 11 nitrogen and oxygen atoms in total. The zero-order chi connectivity index (χ0) is 41.1. The first-order chi connectivity index (χ1) is 27.2. The third-order valence-corrected chi connectivity index (χ3v) is 10.6. The van der Waals surface area contributed by atoms with Gasteiger partial charge in [-0.3, -0.25) is 9.59 Å². The molecule has 0 aromatic carbocycles. The Morgan fingerprint density at radius 2 is 0.946 bits per heavy atom. The van der Waals surface area contributed by atoms with Crippen molar-refractivity contribution in [2.45, 2.75) is 243 Å². The number of hydrogen-bond donors (Lipinski definition) is 4. The molecule has 0 bridgehead atoms. The van der Waals surface area contributed by atoms with E-state index in [-0.39, 0.29) is 26.1 Å². The molecule has 0 amide bonds. The fourth-order valence-electron chi connectivity index (χ4n) is 6.99. The first-order valence-electron chi connectivity index (χ1n) is 22.7. The Kier molecular flexibility index (Phi) is 33.5. The number of ether oxygens (including phenoxy) is 4. The van der Waals surface area contributed by atoms with Gasteiger partial charge in [0.1, 0.15) is 24.9 Å². The van der Waals surface area contributed by atoms with Crippen molar-refractivity contribution in [1.82, 2.24) is 0 Å². The largest absolute Gasteiger partial charge is 0.479 e. The smallest absolute Gasteiger partial charge is 0.335 e. The van der Waals surface area contributed by atoms with E-state index >= 15 is 0 Å². The molecule has 0 aliphatic carbocycles. The van der Waals surface area contributed by atoms with E-state index in [4.69, 9.17) is 18.9 Å². The lowest BCUT2D eigenvalue weighted by molar-refractivity contribution is -0.298. The number of unbranched alkanes of at least 4 members (excludes halogenated alkanes) is 25. The molecular weight excluding hydrogens is 716 g/mol. The van der Waals surface area contributed by atoms with Gasteiger partial charge in [0, 0.05) is 12.8 Å². The number of aliphatic hydroxyl groups excluding tert-OH is 3. The topological polar surface area (TPSA) is 169 Å². The summed E-state index contributed by atoms with van der Waals surface area (Å²) in [6.07, 6.45) is 28.4. The molecule has 0 spiro atoms. The Labute approximate surface area is 339 Å². The molecule has 56 heavy (non-hydrogen) atoms. The molecule has 4 N–H and O–H groups in total. The van der Waals surface area contributed by atoms with Gasteiger partial charge >= 0.3 is 17.9 Å². The first-order valence-corrected chi connectivity index (χ1v) is 22.7. The van der Waals surface area contributed by atoms with Crippen LogP contribution < -0.4 is 0 Å². The molecule has 6 atom stereocenters. The summed E-state index contributed by atoms with van der Waals surface area (Å²) in [4.78, 5) is 36.8. The third-order valence-electron chi connectivity index (χ3n) is 10.6. The van der Waals surface area contributed by atoms with Crippen molar-refractivity contribution in [1.29, 1.82) is 0 Å². The van der Waals surface area contributed by atoms with Gasteiger partial charge in [0.05, 0.1) is 6.61 Å². The molecule has 11 heteroatoms. The van der Waals surface area contributed by atoms with Crippen LogP contribution >= 0.6 is 0 Å². The summed E-state index contributed by atoms with van der Waals surface area (Å²) in [5.74, 6) is -2.44. The highest BCUT2D eigenvalue weighted by molar-refractivity contribution is 5.73. The van der Waals surface area contributed by atoms with Gasteiger partial charge in [-0.1, -0.05) is 167 Å². The van der Waals surface area contributed by atoms with E-state index < -0.39 is 54.7 Å². The molecule has 1 aliphatic rings. The van der Waals surface area contributed by atoms with Crippen molar-refractivity contribution in [2.24, 2.45) is 0 Å². The van der Waals surface area contributed by atoms with Gasteiger partial charge in [-0.2, -0.15) is 0 Å². The van der Waals surface area contributed by atoms with Crippen LogP contribution in [-0.4, -0.2) is 88.4 Å². The second kappa shape index (κ2) is 36.1. The maximum absolute atomic E-state index is 12.8. The Morgan fingerprint density at radius 3 is 1.43 bits per heavy atom. The number of aliphatic carboxylic acids is 1. The zero-order valence-corrected chi connectivity index (χ0v) is 35.4. The van der Waals surface area contributed by atoms with Gasteiger partial charge in [0.25, 0.3) is 0 Å². The third kappa shape index (κ3) is 27.6.